The molecule has 1 amide bonds. The Hall–Kier alpha value is -0.900. The number of ketones is 1. The van der Waals surface area contributed by atoms with Gasteiger partial charge in [0.05, 0.1) is 6.04 Å². The third-order valence-corrected chi connectivity index (χ3v) is 5.52. The van der Waals surface area contributed by atoms with Gasteiger partial charge in [-0.25, -0.2) is 0 Å². The van der Waals surface area contributed by atoms with Gasteiger partial charge in [-0.05, 0) is 24.2 Å². The molecule has 3 atom stereocenters. The summed E-state index contributed by atoms with van der Waals surface area (Å²) < 4.78 is 0. The molecule has 22 heavy (non-hydrogen) atoms. The van der Waals surface area contributed by atoms with E-state index in [0.717, 1.165) is 12.8 Å². The minimum absolute atomic E-state index is 0.0411. The molecular weight excluding hydrogens is 276 g/mol. The first-order valence-corrected chi connectivity index (χ1v) is 8.79. The van der Waals surface area contributed by atoms with Crippen LogP contribution in [0.5, 0.6) is 0 Å². The fraction of sp³-hybridized carbons (Fsp3) is 0.889. The van der Waals surface area contributed by atoms with E-state index in [-0.39, 0.29) is 18.1 Å². The Morgan fingerprint density at radius 1 is 1.09 bits per heavy atom. The molecule has 0 fully saturated rings. The Labute approximate surface area is 136 Å². The number of carbonyl (C=O) groups is 2. The van der Waals surface area contributed by atoms with Crippen molar-refractivity contribution < 1.29 is 9.59 Å². The van der Waals surface area contributed by atoms with Crippen molar-refractivity contribution in [1.82, 2.24) is 0 Å². The first-order valence-electron chi connectivity index (χ1n) is 8.79. The standard InChI is InChI=1S/C18H36N2O2/c1-6-14(18(5,7-2)8-3)10-9-11-15(19)17(22)13(4)12-16(20)21/h13-15H,6-12,19H2,1-5H3,(H2,20,21). The summed E-state index contributed by atoms with van der Waals surface area (Å²) in [7, 11) is 0. The maximum Gasteiger partial charge on any atom is 0.218 e. The summed E-state index contributed by atoms with van der Waals surface area (Å²) in [5.41, 5.74) is 11.5. The summed E-state index contributed by atoms with van der Waals surface area (Å²) >= 11 is 0. The zero-order valence-electron chi connectivity index (χ0n) is 15.2. The van der Waals surface area contributed by atoms with Crippen molar-refractivity contribution >= 4 is 11.7 Å². The van der Waals surface area contributed by atoms with E-state index in [4.69, 9.17) is 11.5 Å². The summed E-state index contributed by atoms with van der Waals surface area (Å²) in [4.78, 5) is 23.0. The number of nitrogens with two attached hydrogens (primary N) is 2. The van der Waals surface area contributed by atoms with Crippen LogP contribution in [0.3, 0.4) is 0 Å². The van der Waals surface area contributed by atoms with Crippen molar-refractivity contribution in [3.05, 3.63) is 0 Å². The average Bonchev–Trinajstić information content (AvgIpc) is 2.49. The van der Waals surface area contributed by atoms with Gasteiger partial charge in [-0.3, -0.25) is 9.59 Å². The van der Waals surface area contributed by atoms with Gasteiger partial charge in [0.1, 0.15) is 0 Å². The zero-order valence-corrected chi connectivity index (χ0v) is 15.2. The van der Waals surface area contributed by atoms with Gasteiger partial charge in [-0.1, -0.05) is 60.3 Å². The highest BCUT2D eigenvalue weighted by Gasteiger charge is 2.29. The number of amides is 1. The van der Waals surface area contributed by atoms with E-state index in [1.165, 1.54) is 19.3 Å². The van der Waals surface area contributed by atoms with Crippen molar-refractivity contribution in [3.63, 3.8) is 0 Å². The maximum absolute atomic E-state index is 12.1. The van der Waals surface area contributed by atoms with E-state index in [1.807, 2.05) is 0 Å². The minimum Gasteiger partial charge on any atom is -0.370 e. The van der Waals surface area contributed by atoms with Gasteiger partial charge in [0.15, 0.2) is 5.78 Å². The van der Waals surface area contributed by atoms with Crippen molar-refractivity contribution in [1.29, 1.82) is 0 Å². The quantitative estimate of drug-likeness (QED) is 0.579. The molecule has 0 aromatic rings. The fourth-order valence-electron chi connectivity index (χ4n) is 3.37. The molecule has 0 aromatic heterocycles. The lowest BCUT2D eigenvalue weighted by molar-refractivity contribution is -0.128. The van der Waals surface area contributed by atoms with Crippen LogP contribution in [0.1, 0.15) is 79.6 Å². The smallest absolute Gasteiger partial charge is 0.218 e. The second-order valence-corrected chi connectivity index (χ2v) is 6.98. The molecule has 0 bridgehead atoms. The normalized spacial score (nSPS) is 16.1. The van der Waals surface area contributed by atoms with Gasteiger partial charge in [0, 0.05) is 12.3 Å². The molecular formula is C18H36N2O2. The Kier molecular flexibility index (Phi) is 9.58. The second-order valence-electron chi connectivity index (χ2n) is 6.98. The van der Waals surface area contributed by atoms with Gasteiger partial charge >= 0.3 is 0 Å². The number of primary amides is 1. The van der Waals surface area contributed by atoms with Crippen LogP contribution in [-0.4, -0.2) is 17.7 Å². The predicted octanol–water partition coefficient (Wildman–Crippen LogP) is 3.42. The Morgan fingerprint density at radius 2 is 1.64 bits per heavy atom. The molecule has 0 aliphatic rings. The lowest BCUT2D eigenvalue weighted by atomic mass is 9.69. The number of carbonyl (C=O) groups excluding carboxylic acids is 2. The van der Waals surface area contributed by atoms with E-state index in [0.29, 0.717) is 17.8 Å². The van der Waals surface area contributed by atoms with Gasteiger partial charge < -0.3 is 11.5 Å². The van der Waals surface area contributed by atoms with Crippen LogP contribution in [0, 0.1) is 17.3 Å². The molecule has 4 heteroatoms. The molecule has 0 saturated heterocycles. The molecule has 4 N–H and O–H groups in total. The van der Waals surface area contributed by atoms with Crippen LogP contribution in [0.4, 0.5) is 0 Å². The van der Waals surface area contributed by atoms with Crippen molar-refractivity contribution in [2.24, 2.45) is 28.7 Å². The van der Waals surface area contributed by atoms with E-state index in [9.17, 15) is 9.59 Å². The fourth-order valence-corrected chi connectivity index (χ4v) is 3.37. The third-order valence-electron chi connectivity index (χ3n) is 5.52. The second kappa shape index (κ2) is 9.98. The van der Waals surface area contributed by atoms with E-state index < -0.39 is 11.9 Å². The van der Waals surface area contributed by atoms with Crippen LogP contribution in [-0.2, 0) is 9.59 Å². The summed E-state index contributed by atoms with van der Waals surface area (Å²) in [6.07, 6.45) is 6.39. The number of hydrogen-bond donors (Lipinski definition) is 2. The molecule has 0 aromatic carbocycles. The molecule has 4 nitrogen and oxygen atoms in total. The molecule has 130 valence electrons. The van der Waals surface area contributed by atoms with Crippen LogP contribution < -0.4 is 11.5 Å². The van der Waals surface area contributed by atoms with Crippen LogP contribution in [0.15, 0.2) is 0 Å². The van der Waals surface area contributed by atoms with Gasteiger partial charge in [-0.2, -0.15) is 0 Å². The Morgan fingerprint density at radius 3 is 2.05 bits per heavy atom. The first-order chi connectivity index (χ1) is 10.2. The van der Waals surface area contributed by atoms with Crippen LogP contribution in [0.2, 0.25) is 0 Å². The highest BCUT2D eigenvalue weighted by Crippen LogP contribution is 2.39. The van der Waals surface area contributed by atoms with Gasteiger partial charge in [0.2, 0.25) is 5.91 Å². The molecule has 3 unspecified atom stereocenters. The molecule has 0 heterocycles. The zero-order chi connectivity index (χ0) is 17.3. The molecule has 0 rings (SSSR count). The minimum atomic E-state index is -0.471. The Balaban J connectivity index is 4.38. The third kappa shape index (κ3) is 6.47. The number of Topliss-reactive ketones (excluding diaryl/α,β-unsaturated/α-hetero) is 1. The van der Waals surface area contributed by atoms with Crippen molar-refractivity contribution in [2.45, 2.75) is 85.6 Å². The van der Waals surface area contributed by atoms with Crippen LogP contribution >= 0.6 is 0 Å². The number of rotatable bonds is 12. The van der Waals surface area contributed by atoms with E-state index >= 15 is 0 Å². The summed E-state index contributed by atoms with van der Waals surface area (Å²) in [5.74, 6) is -0.180. The predicted molar refractivity (Wildman–Crippen MR) is 92.3 cm³/mol. The lowest BCUT2D eigenvalue weighted by Gasteiger charge is -2.36. The van der Waals surface area contributed by atoms with Crippen LogP contribution in [0.25, 0.3) is 0 Å². The Bertz CT molecular complexity index is 351. The maximum atomic E-state index is 12.1. The molecule has 0 saturated carbocycles. The SMILES string of the molecule is CCC(CCCC(N)C(=O)C(C)CC(N)=O)C(C)(CC)CC. The topological polar surface area (TPSA) is 86.2 Å². The van der Waals surface area contributed by atoms with Crippen molar-refractivity contribution in [2.75, 3.05) is 0 Å². The average molecular weight is 312 g/mol. The van der Waals surface area contributed by atoms with E-state index in [2.05, 4.69) is 27.7 Å². The lowest BCUT2D eigenvalue weighted by Crippen LogP contribution is -2.36. The highest BCUT2D eigenvalue weighted by molar-refractivity contribution is 5.89. The monoisotopic (exact) mass is 312 g/mol. The largest absolute Gasteiger partial charge is 0.370 e. The number of hydrogen-bond acceptors (Lipinski definition) is 3. The summed E-state index contributed by atoms with van der Waals surface area (Å²) in [5, 5.41) is 0. The van der Waals surface area contributed by atoms with Gasteiger partial charge in [0.25, 0.3) is 0 Å². The summed E-state index contributed by atoms with van der Waals surface area (Å²) in [6.45, 7) is 10.8. The first kappa shape index (κ1) is 21.1. The highest BCUT2D eigenvalue weighted by atomic mass is 16.1. The van der Waals surface area contributed by atoms with Gasteiger partial charge in [-0.15, -0.1) is 0 Å². The summed E-state index contributed by atoms with van der Waals surface area (Å²) in [6, 6.07) is -0.471. The van der Waals surface area contributed by atoms with Crippen molar-refractivity contribution in [3.8, 4) is 0 Å². The van der Waals surface area contributed by atoms with E-state index in [1.54, 1.807) is 6.92 Å². The molecule has 0 radical (unpaired) electrons. The molecule has 0 aliphatic carbocycles. The molecule has 0 aliphatic heterocycles. The molecule has 0 spiro atoms.